The van der Waals surface area contributed by atoms with Crippen molar-refractivity contribution in [3.8, 4) is 0 Å². The number of amides is 1. The van der Waals surface area contributed by atoms with E-state index in [0.29, 0.717) is 18.5 Å². The Bertz CT molecular complexity index is 928. The Morgan fingerprint density at radius 2 is 1.74 bits per heavy atom. The highest BCUT2D eigenvalue weighted by Crippen LogP contribution is 2.10. The first-order chi connectivity index (χ1) is 13.2. The summed E-state index contributed by atoms with van der Waals surface area (Å²) in [6.07, 6.45) is 2.74. The van der Waals surface area contributed by atoms with E-state index in [4.69, 9.17) is 4.74 Å². The van der Waals surface area contributed by atoms with E-state index in [9.17, 15) is 9.59 Å². The van der Waals surface area contributed by atoms with E-state index in [0.717, 1.165) is 16.6 Å². The Hall–Kier alpha value is -3.28. The van der Waals surface area contributed by atoms with Crippen LogP contribution in [0.2, 0.25) is 0 Å². The van der Waals surface area contributed by atoms with Crippen LogP contribution in [0.5, 0.6) is 0 Å². The van der Waals surface area contributed by atoms with E-state index in [-0.39, 0.29) is 12.3 Å². The lowest BCUT2D eigenvalue weighted by molar-refractivity contribution is -0.145. The molecule has 1 aromatic heterocycles. The van der Waals surface area contributed by atoms with Gasteiger partial charge < -0.3 is 10.1 Å². The first-order valence-corrected chi connectivity index (χ1v) is 8.77. The van der Waals surface area contributed by atoms with Crippen molar-refractivity contribution >= 4 is 22.9 Å². The third-order valence-corrected chi connectivity index (χ3v) is 4.22. The predicted octanol–water partition coefficient (Wildman–Crippen LogP) is 2.46. The summed E-state index contributed by atoms with van der Waals surface area (Å²) >= 11 is 0. The van der Waals surface area contributed by atoms with E-state index < -0.39 is 12.0 Å². The van der Waals surface area contributed by atoms with Gasteiger partial charge in [0.15, 0.2) is 0 Å². The maximum Gasteiger partial charge on any atom is 0.328 e. The fraction of sp³-hybridized carbons (Fsp3) is 0.238. The van der Waals surface area contributed by atoms with Gasteiger partial charge in [0.1, 0.15) is 6.04 Å². The van der Waals surface area contributed by atoms with Gasteiger partial charge in [0.2, 0.25) is 5.91 Å². The van der Waals surface area contributed by atoms with Crippen molar-refractivity contribution in [1.82, 2.24) is 15.3 Å². The number of esters is 1. The second-order valence-electron chi connectivity index (χ2n) is 6.18. The molecule has 0 saturated carbocycles. The molecular weight excluding hydrogens is 342 g/mol. The number of fused-ring (bicyclic) bond motifs is 1. The first-order valence-electron chi connectivity index (χ1n) is 8.77. The van der Waals surface area contributed by atoms with E-state index in [2.05, 4.69) is 15.3 Å². The van der Waals surface area contributed by atoms with Gasteiger partial charge in [-0.2, -0.15) is 0 Å². The molecule has 6 heteroatoms. The van der Waals surface area contributed by atoms with Crippen molar-refractivity contribution < 1.29 is 14.3 Å². The zero-order chi connectivity index (χ0) is 19.1. The van der Waals surface area contributed by atoms with Gasteiger partial charge in [-0.25, -0.2) is 9.78 Å². The van der Waals surface area contributed by atoms with Crippen LogP contribution >= 0.6 is 0 Å². The summed E-state index contributed by atoms with van der Waals surface area (Å²) in [4.78, 5) is 33.3. The maximum atomic E-state index is 12.3. The van der Waals surface area contributed by atoms with Crippen LogP contribution in [0, 0.1) is 0 Å². The quantitative estimate of drug-likeness (QED) is 0.652. The summed E-state index contributed by atoms with van der Waals surface area (Å²) in [7, 11) is 1.30. The van der Waals surface area contributed by atoms with Crippen LogP contribution in [0.15, 0.2) is 60.8 Å². The minimum absolute atomic E-state index is 0.206. The number of benzene rings is 2. The minimum atomic E-state index is -0.797. The van der Waals surface area contributed by atoms with Crippen molar-refractivity contribution in [2.75, 3.05) is 7.11 Å². The second kappa shape index (κ2) is 8.89. The molecule has 1 N–H and O–H groups in total. The molecule has 0 fully saturated rings. The monoisotopic (exact) mass is 363 g/mol. The number of rotatable bonds is 7. The van der Waals surface area contributed by atoms with Crippen LogP contribution in [0.1, 0.15) is 17.7 Å². The van der Waals surface area contributed by atoms with Crippen LogP contribution in [0.4, 0.5) is 0 Å². The maximum absolute atomic E-state index is 12.3. The highest BCUT2D eigenvalue weighted by atomic mass is 16.5. The predicted molar refractivity (Wildman–Crippen MR) is 102 cm³/mol. The zero-order valence-corrected chi connectivity index (χ0v) is 15.1. The van der Waals surface area contributed by atoms with Crippen LogP contribution in [0.3, 0.4) is 0 Å². The highest BCUT2D eigenvalue weighted by molar-refractivity contribution is 5.84. The molecular formula is C21H21N3O3. The molecule has 0 radical (unpaired) electrons. The number of carbonyl (C=O) groups is 2. The Morgan fingerprint density at radius 3 is 2.48 bits per heavy atom. The lowest BCUT2D eigenvalue weighted by Crippen LogP contribution is -2.43. The van der Waals surface area contributed by atoms with Gasteiger partial charge in [0.05, 0.1) is 23.8 Å². The van der Waals surface area contributed by atoms with Gasteiger partial charge in [0.25, 0.3) is 0 Å². The normalized spacial score (nSPS) is 11.7. The molecule has 0 saturated heterocycles. The van der Waals surface area contributed by atoms with Gasteiger partial charge in [-0.3, -0.25) is 9.78 Å². The molecule has 27 heavy (non-hydrogen) atoms. The molecule has 1 amide bonds. The lowest BCUT2D eigenvalue weighted by Gasteiger charge is -2.16. The number of para-hydroxylation sites is 2. The van der Waals surface area contributed by atoms with E-state index in [1.54, 1.807) is 6.20 Å². The van der Waals surface area contributed by atoms with Gasteiger partial charge >= 0.3 is 5.97 Å². The van der Waals surface area contributed by atoms with Crippen molar-refractivity contribution in [3.63, 3.8) is 0 Å². The molecule has 0 bridgehead atoms. The summed E-state index contributed by atoms with van der Waals surface area (Å²) in [5, 5.41) is 2.75. The Balaban J connectivity index is 1.65. The number of hydrogen-bond donors (Lipinski definition) is 1. The smallest absolute Gasteiger partial charge is 0.328 e. The number of nitrogens with one attached hydrogen (secondary N) is 1. The molecule has 1 heterocycles. The summed E-state index contributed by atoms with van der Waals surface area (Å²) in [5.41, 5.74) is 3.21. The lowest BCUT2D eigenvalue weighted by atomic mass is 10.1. The van der Waals surface area contributed by atoms with Crippen LogP contribution in [-0.4, -0.2) is 35.0 Å². The molecule has 3 rings (SSSR count). The van der Waals surface area contributed by atoms with Crippen LogP contribution < -0.4 is 5.32 Å². The SMILES string of the molecule is COC(=O)[C@H](Cc1cnc2ccccc2n1)NC(=O)CCc1ccccc1. The molecule has 3 aromatic rings. The Morgan fingerprint density at radius 1 is 1.04 bits per heavy atom. The average molecular weight is 363 g/mol. The first kappa shape index (κ1) is 18.5. The number of methoxy groups -OCH3 is 1. The highest BCUT2D eigenvalue weighted by Gasteiger charge is 2.22. The molecule has 1 atom stereocenters. The van der Waals surface area contributed by atoms with E-state index in [1.165, 1.54) is 7.11 Å². The molecule has 0 aliphatic rings. The number of aromatic nitrogens is 2. The fourth-order valence-corrected chi connectivity index (χ4v) is 2.81. The molecule has 6 nitrogen and oxygen atoms in total. The van der Waals surface area contributed by atoms with Crippen molar-refractivity contribution in [2.24, 2.45) is 0 Å². The van der Waals surface area contributed by atoms with Gasteiger partial charge in [-0.15, -0.1) is 0 Å². The standard InChI is InChI=1S/C21H21N3O3/c1-27-21(26)19(24-20(25)12-11-15-7-3-2-4-8-15)13-16-14-22-17-9-5-6-10-18(17)23-16/h2-10,14,19H,11-13H2,1H3,(H,24,25)/t19-/m0/s1. The largest absolute Gasteiger partial charge is 0.467 e. The average Bonchev–Trinajstić information content (AvgIpc) is 2.72. The van der Waals surface area contributed by atoms with Gasteiger partial charge in [-0.05, 0) is 24.1 Å². The molecule has 0 unspecified atom stereocenters. The fourth-order valence-electron chi connectivity index (χ4n) is 2.81. The molecule has 0 aliphatic carbocycles. The van der Waals surface area contributed by atoms with Gasteiger partial charge in [-0.1, -0.05) is 42.5 Å². The summed E-state index contributed by atoms with van der Waals surface area (Å²) in [5.74, 6) is -0.707. The second-order valence-corrected chi connectivity index (χ2v) is 6.18. The summed E-state index contributed by atoms with van der Waals surface area (Å²) in [6.45, 7) is 0. The van der Waals surface area contributed by atoms with Gasteiger partial charge in [0, 0.05) is 19.0 Å². The third kappa shape index (κ3) is 5.10. The molecule has 0 aliphatic heterocycles. The van der Waals surface area contributed by atoms with Crippen molar-refractivity contribution in [1.29, 1.82) is 0 Å². The van der Waals surface area contributed by atoms with E-state index >= 15 is 0 Å². The number of carbonyl (C=O) groups excluding carboxylic acids is 2. The Labute approximate surface area is 157 Å². The number of nitrogens with zero attached hydrogens (tertiary/aromatic N) is 2. The number of ether oxygens (including phenoxy) is 1. The molecule has 0 spiro atoms. The van der Waals surface area contributed by atoms with Crippen LogP contribution in [0.25, 0.3) is 11.0 Å². The van der Waals surface area contributed by atoms with Crippen molar-refractivity contribution in [2.45, 2.75) is 25.3 Å². The molecule has 138 valence electrons. The Kier molecular flexibility index (Phi) is 6.10. The summed E-state index contributed by atoms with van der Waals surface area (Å²) < 4.78 is 4.83. The third-order valence-electron chi connectivity index (χ3n) is 4.22. The summed E-state index contributed by atoms with van der Waals surface area (Å²) in [6, 6.07) is 16.4. The minimum Gasteiger partial charge on any atom is -0.467 e. The topological polar surface area (TPSA) is 81.2 Å². The number of aryl methyl sites for hydroxylation is 1. The number of hydrogen-bond acceptors (Lipinski definition) is 5. The molecule has 2 aromatic carbocycles. The van der Waals surface area contributed by atoms with Crippen LogP contribution in [-0.2, 0) is 27.2 Å². The van der Waals surface area contributed by atoms with E-state index in [1.807, 2.05) is 54.6 Å². The van der Waals surface area contributed by atoms with Crippen molar-refractivity contribution in [3.05, 3.63) is 72.1 Å². The zero-order valence-electron chi connectivity index (χ0n) is 15.1.